The van der Waals surface area contributed by atoms with Gasteiger partial charge in [0.2, 0.25) is 5.56 Å². The third kappa shape index (κ3) is 2.65. The van der Waals surface area contributed by atoms with Gasteiger partial charge in [-0.15, -0.1) is 0 Å². The topological polar surface area (TPSA) is 70.2 Å². The van der Waals surface area contributed by atoms with E-state index in [4.69, 9.17) is 5.11 Å². The fourth-order valence-corrected chi connectivity index (χ4v) is 1.51. The summed E-state index contributed by atoms with van der Waals surface area (Å²) >= 11 is 1.93. The number of aliphatic carboxylic acids is 1. The van der Waals surface area contributed by atoms with Crippen LogP contribution in [-0.4, -0.2) is 16.1 Å². The van der Waals surface area contributed by atoms with E-state index in [2.05, 4.69) is 4.98 Å². The maximum Gasteiger partial charge on any atom is 0.307 e. The maximum atomic E-state index is 10.8. The smallest absolute Gasteiger partial charge is 0.307 e. The monoisotopic (exact) mass is 279 g/mol. The second-order valence-electron chi connectivity index (χ2n) is 2.27. The first-order valence-electron chi connectivity index (χ1n) is 3.18. The fourth-order valence-electron chi connectivity index (χ4n) is 0.839. The Labute approximate surface area is 81.8 Å². The van der Waals surface area contributed by atoms with E-state index in [0.717, 1.165) is 0 Å². The molecule has 1 rings (SSSR count). The quantitative estimate of drug-likeness (QED) is 0.615. The van der Waals surface area contributed by atoms with Crippen LogP contribution < -0.4 is 5.56 Å². The van der Waals surface area contributed by atoms with Crippen molar-refractivity contribution in [1.29, 1.82) is 0 Å². The Kier molecular flexibility index (Phi) is 2.85. The zero-order valence-electron chi connectivity index (χ0n) is 6.00. The van der Waals surface area contributed by atoms with Gasteiger partial charge in [0.15, 0.2) is 0 Å². The molecule has 12 heavy (non-hydrogen) atoms. The highest BCUT2D eigenvalue weighted by molar-refractivity contribution is 14.1. The molecule has 0 aliphatic heterocycles. The Morgan fingerprint density at radius 2 is 2.25 bits per heavy atom. The minimum Gasteiger partial charge on any atom is -0.481 e. The van der Waals surface area contributed by atoms with Gasteiger partial charge in [-0.2, -0.15) is 0 Å². The largest absolute Gasteiger partial charge is 0.481 e. The summed E-state index contributed by atoms with van der Waals surface area (Å²) < 4.78 is 0.649. The van der Waals surface area contributed by atoms with Crippen molar-refractivity contribution >= 4 is 28.6 Å². The van der Waals surface area contributed by atoms with E-state index in [1.165, 1.54) is 6.07 Å². The lowest BCUT2D eigenvalue weighted by atomic mass is 10.2. The molecule has 2 N–H and O–H groups in total. The molecule has 0 fully saturated rings. The number of nitrogens with one attached hydrogen (secondary N) is 1. The number of pyridine rings is 1. The highest BCUT2D eigenvalue weighted by atomic mass is 127. The van der Waals surface area contributed by atoms with Crippen LogP contribution in [0.4, 0.5) is 0 Å². The standard InChI is InChI=1S/C7H6INO3/c8-5-1-4(3-7(11)12)2-6(10)9-5/h1-2H,3H2,(H,9,10)(H,11,12). The Bertz CT molecular complexity index is 358. The molecule has 4 nitrogen and oxygen atoms in total. The van der Waals surface area contributed by atoms with Crippen molar-refractivity contribution in [2.75, 3.05) is 0 Å². The van der Waals surface area contributed by atoms with E-state index in [9.17, 15) is 9.59 Å². The predicted octanol–water partition coefficient (Wildman–Crippen LogP) is 0.607. The van der Waals surface area contributed by atoms with E-state index < -0.39 is 5.97 Å². The van der Waals surface area contributed by atoms with Crippen molar-refractivity contribution in [2.45, 2.75) is 6.42 Å². The van der Waals surface area contributed by atoms with Crippen molar-refractivity contribution in [3.8, 4) is 0 Å². The number of rotatable bonds is 2. The molecule has 5 heteroatoms. The van der Waals surface area contributed by atoms with Gasteiger partial charge in [-0.05, 0) is 34.2 Å². The third-order valence-corrected chi connectivity index (χ3v) is 1.81. The average Bonchev–Trinajstić information content (AvgIpc) is 1.81. The summed E-state index contributed by atoms with van der Waals surface area (Å²) in [5, 5.41) is 8.43. The number of carboxylic acids is 1. The molecule has 0 unspecified atom stereocenters. The van der Waals surface area contributed by atoms with E-state index in [0.29, 0.717) is 9.26 Å². The number of aromatic nitrogens is 1. The van der Waals surface area contributed by atoms with Crippen LogP contribution in [0, 0.1) is 3.70 Å². The van der Waals surface area contributed by atoms with Gasteiger partial charge in [0.1, 0.15) is 0 Å². The van der Waals surface area contributed by atoms with Crippen LogP contribution in [-0.2, 0) is 11.2 Å². The first kappa shape index (κ1) is 9.24. The van der Waals surface area contributed by atoms with Gasteiger partial charge >= 0.3 is 5.97 Å². The van der Waals surface area contributed by atoms with Gasteiger partial charge in [-0.3, -0.25) is 9.59 Å². The van der Waals surface area contributed by atoms with E-state index in [1.807, 2.05) is 22.6 Å². The lowest BCUT2D eigenvalue weighted by Gasteiger charge is -1.95. The summed E-state index contributed by atoms with van der Waals surface area (Å²) in [7, 11) is 0. The van der Waals surface area contributed by atoms with Crippen LogP contribution in [0.3, 0.4) is 0 Å². The molecule has 0 spiro atoms. The van der Waals surface area contributed by atoms with Gasteiger partial charge in [0, 0.05) is 6.07 Å². The number of carboxylic acid groups (broad SMARTS) is 1. The Morgan fingerprint density at radius 3 is 2.75 bits per heavy atom. The molecule has 0 bridgehead atoms. The predicted molar refractivity (Wildman–Crippen MR) is 51.1 cm³/mol. The van der Waals surface area contributed by atoms with Crippen LogP contribution in [0.5, 0.6) is 0 Å². The summed E-state index contributed by atoms with van der Waals surface area (Å²) in [6, 6.07) is 2.92. The lowest BCUT2D eigenvalue weighted by molar-refractivity contribution is -0.136. The van der Waals surface area contributed by atoms with Crippen LogP contribution in [0.25, 0.3) is 0 Å². The minimum atomic E-state index is -0.934. The Balaban J connectivity index is 3.01. The zero-order chi connectivity index (χ0) is 9.14. The van der Waals surface area contributed by atoms with Crippen molar-refractivity contribution < 1.29 is 9.90 Å². The van der Waals surface area contributed by atoms with E-state index >= 15 is 0 Å². The van der Waals surface area contributed by atoms with Gasteiger partial charge in [-0.25, -0.2) is 0 Å². The molecule has 0 aromatic carbocycles. The SMILES string of the molecule is O=C(O)Cc1cc(I)[nH]c(=O)c1. The summed E-state index contributed by atoms with van der Waals surface area (Å²) in [6.07, 6.45) is -0.111. The second kappa shape index (κ2) is 3.70. The molecule has 0 saturated heterocycles. The molecule has 1 aromatic heterocycles. The highest BCUT2D eigenvalue weighted by Crippen LogP contribution is 2.02. The molecule has 0 amide bonds. The van der Waals surface area contributed by atoms with Gasteiger partial charge in [0.25, 0.3) is 0 Å². The first-order chi connectivity index (χ1) is 5.58. The number of H-pyrrole nitrogens is 1. The summed E-state index contributed by atoms with van der Waals surface area (Å²) in [6.45, 7) is 0. The summed E-state index contributed by atoms with van der Waals surface area (Å²) in [5.41, 5.74) is 0.258. The number of halogens is 1. The molecule has 1 aromatic rings. The van der Waals surface area contributed by atoms with Gasteiger partial charge < -0.3 is 10.1 Å². The molecule has 0 radical (unpaired) electrons. The molecule has 0 atom stereocenters. The van der Waals surface area contributed by atoms with Crippen LogP contribution in [0.15, 0.2) is 16.9 Å². The number of aromatic amines is 1. The average molecular weight is 279 g/mol. The summed E-state index contributed by atoms with van der Waals surface area (Å²) in [4.78, 5) is 23.6. The molecule has 0 aliphatic carbocycles. The lowest BCUT2D eigenvalue weighted by Crippen LogP contribution is -2.10. The zero-order valence-corrected chi connectivity index (χ0v) is 8.16. The summed E-state index contributed by atoms with van der Waals surface area (Å²) in [5.74, 6) is -0.934. The molecular weight excluding hydrogens is 273 g/mol. The number of hydrogen-bond acceptors (Lipinski definition) is 2. The molecule has 0 aliphatic rings. The van der Waals surface area contributed by atoms with Crippen LogP contribution in [0.1, 0.15) is 5.56 Å². The molecule has 0 saturated carbocycles. The van der Waals surface area contributed by atoms with E-state index in [1.54, 1.807) is 6.07 Å². The van der Waals surface area contributed by atoms with Crippen LogP contribution >= 0.6 is 22.6 Å². The van der Waals surface area contributed by atoms with Gasteiger partial charge in [0.05, 0.1) is 10.1 Å². The second-order valence-corrected chi connectivity index (χ2v) is 3.43. The van der Waals surface area contributed by atoms with Crippen molar-refractivity contribution in [1.82, 2.24) is 4.98 Å². The maximum absolute atomic E-state index is 10.8. The molecule has 1 heterocycles. The van der Waals surface area contributed by atoms with Crippen LogP contribution in [0.2, 0.25) is 0 Å². The first-order valence-corrected chi connectivity index (χ1v) is 4.26. The Morgan fingerprint density at radius 1 is 1.58 bits per heavy atom. The molecular formula is C7H6INO3. The van der Waals surface area contributed by atoms with Crippen molar-refractivity contribution in [2.24, 2.45) is 0 Å². The Hall–Kier alpha value is -0.850. The van der Waals surface area contributed by atoms with Crippen molar-refractivity contribution in [3.05, 3.63) is 31.8 Å². The third-order valence-electron chi connectivity index (χ3n) is 1.23. The molecule has 64 valence electrons. The number of carbonyl (C=O) groups is 1. The minimum absolute atomic E-state index is 0.111. The highest BCUT2D eigenvalue weighted by Gasteiger charge is 2.01. The van der Waals surface area contributed by atoms with Gasteiger partial charge in [-0.1, -0.05) is 0 Å². The fraction of sp³-hybridized carbons (Fsp3) is 0.143. The normalized spacial score (nSPS) is 9.75. The van der Waals surface area contributed by atoms with E-state index in [-0.39, 0.29) is 12.0 Å². The van der Waals surface area contributed by atoms with Crippen molar-refractivity contribution in [3.63, 3.8) is 0 Å². The number of hydrogen-bond donors (Lipinski definition) is 2.